The van der Waals surface area contributed by atoms with Gasteiger partial charge in [-0.05, 0) is 13.8 Å². The van der Waals surface area contributed by atoms with E-state index in [-0.39, 0.29) is 5.84 Å². The average Bonchev–Trinajstić information content (AvgIpc) is 2.42. The summed E-state index contributed by atoms with van der Waals surface area (Å²) in [6.45, 7) is 4.14. The molecule has 6 nitrogen and oxygen atoms in total. The Morgan fingerprint density at radius 3 is 2.86 bits per heavy atom. The summed E-state index contributed by atoms with van der Waals surface area (Å²) in [6.07, 6.45) is 0. The first-order chi connectivity index (χ1) is 6.61. The lowest BCUT2D eigenvalue weighted by Gasteiger charge is -2.05. The number of nitrogens with two attached hydrogens (primary N) is 1. The molecule has 0 saturated heterocycles. The molecule has 1 aromatic heterocycles. The Bertz CT molecular complexity index is 356. The Labute approximate surface area is 82.0 Å². The summed E-state index contributed by atoms with van der Waals surface area (Å²) >= 11 is 0. The highest BCUT2D eigenvalue weighted by molar-refractivity contribution is 6.00. The van der Waals surface area contributed by atoms with Crippen LogP contribution in [0.1, 0.15) is 18.2 Å². The third-order valence-electron chi connectivity index (χ3n) is 1.81. The van der Waals surface area contributed by atoms with Crippen molar-refractivity contribution < 1.29 is 9.94 Å². The van der Waals surface area contributed by atoms with Crippen LogP contribution >= 0.6 is 0 Å². The predicted molar refractivity (Wildman–Crippen MR) is 51.6 cm³/mol. The SMILES string of the molecule is CCOc1c(C(N)=NO)c(C)nn1C. The van der Waals surface area contributed by atoms with Crippen molar-refractivity contribution in [3.8, 4) is 5.88 Å². The van der Waals surface area contributed by atoms with E-state index in [1.807, 2.05) is 6.92 Å². The Morgan fingerprint density at radius 1 is 1.71 bits per heavy atom. The molecular weight excluding hydrogens is 184 g/mol. The van der Waals surface area contributed by atoms with E-state index >= 15 is 0 Å². The summed E-state index contributed by atoms with van der Waals surface area (Å²) in [6, 6.07) is 0. The van der Waals surface area contributed by atoms with E-state index in [0.717, 1.165) is 0 Å². The van der Waals surface area contributed by atoms with E-state index in [9.17, 15) is 0 Å². The van der Waals surface area contributed by atoms with Gasteiger partial charge in [-0.25, -0.2) is 4.68 Å². The summed E-state index contributed by atoms with van der Waals surface area (Å²) in [5, 5.41) is 15.6. The highest BCUT2D eigenvalue weighted by Gasteiger charge is 2.17. The summed E-state index contributed by atoms with van der Waals surface area (Å²) in [5.74, 6) is 0.527. The fourth-order valence-electron chi connectivity index (χ4n) is 1.28. The van der Waals surface area contributed by atoms with Gasteiger partial charge < -0.3 is 15.7 Å². The Balaban J connectivity index is 3.24. The molecule has 1 aromatic rings. The van der Waals surface area contributed by atoms with Gasteiger partial charge >= 0.3 is 0 Å². The van der Waals surface area contributed by atoms with Crippen molar-refractivity contribution in [2.75, 3.05) is 6.61 Å². The molecule has 3 N–H and O–H groups in total. The van der Waals surface area contributed by atoms with Gasteiger partial charge in [0, 0.05) is 7.05 Å². The third-order valence-corrected chi connectivity index (χ3v) is 1.81. The summed E-state index contributed by atoms with van der Waals surface area (Å²) in [4.78, 5) is 0. The predicted octanol–water partition coefficient (Wildman–Crippen LogP) is 0.222. The minimum atomic E-state index is 0.0130. The molecule has 1 rings (SSSR count). The highest BCUT2D eigenvalue weighted by Crippen LogP contribution is 2.20. The van der Waals surface area contributed by atoms with Crippen LogP contribution in [0.15, 0.2) is 5.16 Å². The number of hydrogen-bond donors (Lipinski definition) is 2. The fourth-order valence-corrected chi connectivity index (χ4v) is 1.28. The molecule has 0 amide bonds. The van der Waals surface area contributed by atoms with Crippen LogP contribution in [0.5, 0.6) is 5.88 Å². The minimum Gasteiger partial charge on any atom is -0.478 e. The van der Waals surface area contributed by atoms with Gasteiger partial charge in [0.1, 0.15) is 5.56 Å². The second-order valence-corrected chi connectivity index (χ2v) is 2.81. The maximum absolute atomic E-state index is 8.58. The molecule has 0 spiro atoms. The number of nitrogens with zero attached hydrogens (tertiary/aromatic N) is 3. The first-order valence-corrected chi connectivity index (χ1v) is 4.26. The highest BCUT2D eigenvalue weighted by atomic mass is 16.5. The molecule has 0 fully saturated rings. The van der Waals surface area contributed by atoms with Crippen molar-refractivity contribution in [3.05, 3.63) is 11.3 Å². The van der Waals surface area contributed by atoms with Crippen LogP contribution in [0.3, 0.4) is 0 Å². The Morgan fingerprint density at radius 2 is 2.36 bits per heavy atom. The lowest BCUT2D eigenvalue weighted by atomic mass is 10.2. The van der Waals surface area contributed by atoms with Crippen LogP contribution in [0.25, 0.3) is 0 Å². The van der Waals surface area contributed by atoms with Crippen LogP contribution in [0.4, 0.5) is 0 Å². The molecule has 0 saturated carbocycles. The molecule has 0 aromatic carbocycles. The van der Waals surface area contributed by atoms with E-state index in [1.165, 1.54) is 0 Å². The van der Waals surface area contributed by atoms with Crippen LogP contribution in [-0.2, 0) is 7.05 Å². The maximum Gasteiger partial charge on any atom is 0.223 e. The smallest absolute Gasteiger partial charge is 0.223 e. The number of aryl methyl sites for hydroxylation is 2. The molecule has 6 heteroatoms. The van der Waals surface area contributed by atoms with Crippen LogP contribution in [0, 0.1) is 6.92 Å². The summed E-state index contributed by atoms with van der Waals surface area (Å²) in [5.41, 5.74) is 6.72. The molecule has 0 bridgehead atoms. The average molecular weight is 198 g/mol. The Hall–Kier alpha value is -1.72. The van der Waals surface area contributed by atoms with Gasteiger partial charge in [0.15, 0.2) is 5.84 Å². The summed E-state index contributed by atoms with van der Waals surface area (Å²) < 4.78 is 6.90. The van der Waals surface area contributed by atoms with Crippen LogP contribution in [0.2, 0.25) is 0 Å². The molecule has 14 heavy (non-hydrogen) atoms. The van der Waals surface area contributed by atoms with Crippen LogP contribution in [-0.4, -0.2) is 27.4 Å². The topological polar surface area (TPSA) is 85.7 Å². The summed E-state index contributed by atoms with van der Waals surface area (Å²) in [7, 11) is 1.74. The quantitative estimate of drug-likeness (QED) is 0.315. The zero-order valence-corrected chi connectivity index (χ0v) is 8.48. The van der Waals surface area contributed by atoms with Crippen molar-refractivity contribution >= 4 is 5.84 Å². The molecule has 0 aliphatic carbocycles. The van der Waals surface area contributed by atoms with Crippen molar-refractivity contribution in [3.63, 3.8) is 0 Å². The first-order valence-electron chi connectivity index (χ1n) is 4.26. The number of aromatic nitrogens is 2. The van der Waals surface area contributed by atoms with Crippen molar-refractivity contribution in [2.45, 2.75) is 13.8 Å². The largest absolute Gasteiger partial charge is 0.478 e. The number of hydrogen-bond acceptors (Lipinski definition) is 4. The van der Waals surface area contributed by atoms with Gasteiger partial charge in [0.05, 0.1) is 12.3 Å². The lowest BCUT2D eigenvalue weighted by molar-refractivity contribution is 0.306. The standard InChI is InChI=1S/C8H14N4O2/c1-4-14-8-6(7(9)11-13)5(2)10-12(8)3/h13H,4H2,1-3H3,(H2,9,11). The third kappa shape index (κ3) is 1.63. The van der Waals surface area contributed by atoms with Crippen molar-refractivity contribution in [1.29, 1.82) is 0 Å². The molecule has 0 aliphatic heterocycles. The van der Waals surface area contributed by atoms with Gasteiger partial charge in [-0.15, -0.1) is 0 Å². The van der Waals surface area contributed by atoms with Crippen LogP contribution < -0.4 is 10.5 Å². The number of ether oxygens (including phenoxy) is 1. The second kappa shape index (κ2) is 3.99. The molecule has 0 atom stereocenters. The van der Waals surface area contributed by atoms with E-state index in [2.05, 4.69) is 10.3 Å². The van der Waals surface area contributed by atoms with Crippen molar-refractivity contribution in [2.24, 2.45) is 17.9 Å². The van der Waals surface area contributed by atoms with Gasteiger partial charge in [-0.3, -0.25) is 0 Å². The monoisotopic (exact) mass is 198 g/mol. The Kier molecular flexibility index (Phi) is 2.95. The fraction of sp³-hybridized carbons (Fsp3) is 0.500. The molecule has 0 radical (unpaired) electrons. The molecular formula is C8H14N4O2. The van der Waals surface area contributed by atoms with Gasteiger partial charge in [0.2, 0.25) is 5.88 Å². The molecule has 78 valence electrons. The molecule has 0 unspecified atom stereocenters. The van der Waals surface area contributed by atoms with E-state index in [4.69, 9.17) is 15.7 Å². The number of oxime groups is 1. The maximum atomic E-state index is 8.58. The van der Waals surface area contributed by atoms with Crippen molar-refractivity contribution in [1.82, 2.24) is 9.78 Å². The number of amidine groups is 1. The van der Waals surface area contributed by atoms with Gasteiger partial charge in [-0.1, -0.05) is 5.16 Å². The van der Waals surface area contributed by atoms with Gasteiger partial charge in [-0.2, -0.15) is 5.10 Å². The first kappa shape index (κ1) is 10.4. The lowest BCUT2D eigenvalue weighted by Crippen LogP contribution is -2.15. The van der Waals surface area contributed by atoms with E-state index in [0.29, 0.717) is 23.7 Å². The second-order valence-electron chi connectivity index (χ2n) is 2.81. The molecule has 1 heterocycles. The zero-order chi connectivity index (χ0) is 10.7. The minimum absolute atomic E-state index is 0.0130. The van der Waals surface area contributed by atoms with Gasteiger partial charge in [0.25, 0.3) is 0 Å². The molecule has 0 aliphatic rings. The van der Waals surface area contributed by atoms with E-state index in [1.54, 1.807) is 18.7 Å². The number of rotatable bonds is 3. The zero-order valence-electron chi connectivity index (χ0n) is 8.48. The van der Waals surface area contributed by atoms with E-state index < -0.39 is 0 Å². The normalized spacial score (nSPS) is 11.8.